The maximum atomic E-state index is 10.3. The number of carbonyl (C=O) groups is 1. The van der Waals surface area contributed by atoms with E-state index in [1.165, 1.54) is 0 Å². The summed E-state index contributed by atoms with van der Waals surface area (Å²) in [7, 11) is 1.87. The van der Waals surface area contributed by atoms with Crippen molar-refractivity contribution in [1.29, 1.82) is 0 Å². The molecule has 0 saturated heterocycles. The summed E-state index contributed by atoms with van der Waals surface area (Å²) in [5, 5.41) is 4.02. The van der Waals surface area contributed by atoms with Crippen molar-refractivity contribution in [3.63, 3.8) is 0 Å². The van der Waals surface area contributed by atoms with Crippen molar-refractivity contribution in [3.8, 4) is 0 Å². The van der Waals surface area contributed by atoms with E-state index in [9.17, 15) is 4.79 Å². The molecule has 0 aromatic carbocycles. The number of nitrogens with two attached hydrogens (primary N) is 1. The van der Waals surface area contributed by atoms with E-state index in [1.54, 1.807) is 10.9 Å². The van der Waals surface area contributed by atoms with Crippen molar-refractivity contribution in [2.24, 2.45) is 12.8 Å². The highest BCUT2D eigenvalue weighted by atomic mass is 16.6. The second-order valence-electron chi connectivity index (χ2n) is 2.85. The highest BCUT2D eigenvalue weighted by molar-refractivity contribution is 5.74. The van der Waals surface area contributed by atoms with Gasteiger partial charge in [-0.1, -0.05) is 0 Å². The average Bonchev–Trinajstić information content (AvgIpc) is 2.51. The molecule has 0 atom stereocenters. The van der Waals surface area contributed by atoms with E-state index in [0.717, 1.165) is 12.1 Å². The van der Waals surface area contributed by atoms with Crippen molar-refractivity contribution in [1.82, 2.24) is 15.3 Å². The highest BCUT2D eigenvalue weighted by Crippen LogP contribution is 1.95. The topological polar surface area (TPSA) is 82.2 Å². The third kappa shape index (κ3) is 3.55. The molecule has 1 amide bonds. The molecule has 1 aromatic heterocycles. The third-order valence-corrected chi connectivity index (χ3v) is 1.72. The summed E-state index contributed by atoms with van der Waals surface area (Å²) in [5.74, 6) is -0.488. The molecule has 0 spiro atoms. The van der Waals surface area contributed by atoms with Crippen LogP contribution in [0.4, 0.5) is 0 Å². The number of nitrogens with zero attached hydrogens (tertiary/aromatic N) is 2. The van der Waals surface area contributed by atoms with Gasteiger partial charge in [0.1, 0.15) is 6.61 Å². The van der Waals surface area contributed by atoms with Crippen LogP contribution in [0.3, 0.4) is 0 Å². The maximum Gasteiger partial charge on any atom is 0.245 e. The zero-order valence-corrected chi connectivity index (χ0v) is 8.06. The minimum atomic E-state index is -0.488. The lowest BCUT2D eigenvalue weighted by molar-refractivity contribution is -0.125. The first-order chi connectivity index (χ1) is 6.70. The van der Waals surface area contributed by atoms with Gasteiger partial charge in [0.25, 0.3) is 0 Å². The number of rotatable bonds is 6. The second kappa shape index (κ2) is 5.36. The van der Waals surface area contributed by atoms with E-state index in [2.05, 4.69) is 10.6 Å². The van der Waals surface area contributed by atoms with Crippen LogP contribution in [0.15, 0.2) is 12.3 Å². The monoisotopic (exact) mass is 198 g/mol. The Morgan fingerprint density at radius 3 is 3.14 bits per heavy atom. The fraction of sp³-hybridized carbons (Fsp3) is 0.500. The van der Waals surface area contributed by atoms with Crippen molar-refractivity contribution in [2.45, 2.75) is 6.42 Å². The maximum absolute atomic E-state index is 10.3. The van der Waals surface area contributed by atoms with Crippen LogP contribution in [0.2, 0.25) is 0 Å². The van der Waals surface area contributed by atoms with Gasteiger partial charge in [0.05, 0.1) is 0 Å². The number of primary amides is 1. The average molecular weight is 198 g/mol. The first-order valence-corrected chi connectivity index (χ1v) is 4.30. The highest BCUT2D eigenvalue weighted by Gasteiger charge is 1.98. The van der Waals surface area contributed by atoms with Crippen LogP contribution in [0.25, 0.3) is 0 Å². The molecule has 1 aromatic rings. The normalized spacial score (nSPS) is 10.4. The number of hydroxylamine groups is 1. The van der Waals surface area contributed by atoms with Gasteiger partial charge in [-0.05, 0) is 6.07 Å². The summed E-state index contributed by atoms with van der Waals surface area (Å²) in [6.07, 6.45) is 2.52. The molecule has 1 rings (SSSR count). The van der Waals surface area contributed by atoms with E-state index >= 15 is 0 Å². The Morgan fingerprint density at radius 1 is 1.79 bits per heavy atom. The van der Waals surface area contributed by atoms with Crippen LogP contribution in [0, 0.1) is 0 Å². The molecule has 0 bridgehead atoms. The lowest BCUT2D eigenvalue weighted by Gasteiger charge is -2.04. The third-order valence-electron chi connectivity index (χ3n) is 1.72. The Hall–Kier alpha value is -1.40. The summed E-state index contributed by atoms with van der Waals surface area (Å²) >= 11 is 0. The van der Waals surface area contributed by atoms with Crippen LogP contribution in [-0.2, 0) is 23.1 Å². The molecule has 0 fully saturated rings. The van der Waals surface area contributed by atoms with Crippen LogP contribution in [-0.4, -0.2) is 28.8 Å². The molecule has 3 N–H and O–H groups in total. The lowest BCUT2D eigenvalue weighted by atomic mass is 10.3. The van der Waals surface area contributed by atoms with Gasteiger partial charge in [0, 0.05) is 31.9 Å². The molecule has 1 heterocycles. The first kappa shape index (κ1) is 10.7. The predicted molar refractivity (Wildman–Crippen MR) is 50.1 cm³/mol. The number of aromatic nitrogens is 2. The lowest BCUT2D eigenvalue weighted by Crippen LogP contribution is -2.26. The standard InChI is InChI=1S/C8H14N4O2/c1-12-7(2-4-10-12)3-5-11-14-6-8(9)13/h2,4,11H,3,5-6H2,1H3,(H2,9,13). The van der Waals surface area contributed by atoms with Gasteiger partial charge in [-0.2, -0.15) is 5.10 Å². The summed E-state index contributed by atoms with van der Waals surface area (Å²) in [6.45, 7) is 0.512. The number of hydrogen-bond donors (Lipinski definition) is 2. The Bertz CT molecular complexity index is 297. The van der Waals surface area contributed by atoms with Crippen LogP contribution in [0.1, 0.15) is 5.69 Å². The van der Waals surface area contributed by atoms with Crippen LogP contribution in [0.5, 0.6) is 0 Å². The Kier molecular flexibility index (Phi) is 4.09. The molecule has 0 aliphatic heterocycles. The zero-order valence-electron chi connectivity index (χ0n) is 8.06. The molecule has 0 aliphatic carbocycles. The minimum Gasteiger partial charge on any atom is -0.368 e. The molecular formula is C8H14N4O2. The van der Waals surface area contributed by atoms with E-state index in [0.29, 0.717) is 6.54 Å². The van der Waals surface area contributed by atoms with E-state index in [1.807, 2.05) is 13.1 Å². The first-order valence-electron chi connectivity index (χ1n) is 4.30. The summed E-state index contributed by atoms with van der Waals surface area (Å²) in [4.78, 5) is 15.1. The van der Waals surface area contributed by atoms with Gasteiger partial charge < -0.3 is 5.73 Å². The molecular weight excluding hydrogens is 184 g/mol. The molecule has 6 nitrogen and oxygen atoms in total. The Labute approximate surface area is 82.0 Å². The van der Waals surface area contributed by atoms with Gasteiger partial charge in [-0.25, -0.2) is 5.48 Å². The molecule has 0 aliphatic rings. The zero-order chi connectivity index (χ0) is 10.4. The predicted octanol–water partition coefficient (Wildman–Crippen LogP) is -1.03. The molecule has 0 saturated carbocycles. The Balaban J connectivity index is 2.10. The van der Waals surface area contributed by atoms with Crippen molar-refractivity contribution >= 4 is 5.91 Å². The molecule has 78 valence electrons. The minimum absolute atomic E-state index is 0.106. The van der Waals surface area contributed by atoms with Gasteiger partial charge in [0.2, 0.25) is 5.91 Å². The quantitative estimate of drug-likeness (QED) is 0.452. The van der Waals surface area contributed by atoms with Gasteiger partial charge >= 0.3 is 0 Å². The van der Waals surface area contributed by atoms with Crippen molar-refractivity contribution in [2.75, 3.05) is 13.2 Å². The number of carbonyl (C=O) groups excluding carboxylic acids is 1. The summed E-state index contributed by atoms with van der Waals surface area (Å²) in [6, 6.07) is 1.93. The summed E-state index contributed by atoms with van der Waals surface area (Å²) in [5.41, 5.74) is 8.61. The molecule has 6 heteroatoms. The van der Waals surface area contributed by atoms with Crippen LogP contribution < -0.4 is 11.2 Å². The number of aryl methyl sites for hydroxylation is 1. The van der Waals surface area contributed by atoms with Crippen molar-refractivity contribution < 1.29 is 9.63 Å². The number of hydrogen-bond acceptors (Lipinski definition) is 4. The number of nitrogens with one attached hydrogen (secondary N) is 1. The molecule has 0 unspecified atom stereocenters. The van der Waals surface area contributed by atoms with Gasteiger partial charge in [0.15, 0.2) is 0 Å². The van der Waals surface area contributed by atoms with E-state index < -0.39 is 5.91 Å². The van der Waals surface area contributed by atoms with Gasteiger partial charge in [-0.15, -0.1) is 0 Å². The largest absolute Gasteiger partial charge is 0.368 e. The van der Waals surface area contributed by atoms with Crippen molar-refractivity contribution in [3.05, 3.63) is 18.0 Å². The van der Waals surface area contributed by atoms with E-state index in [4.69, 9.17) is 10.6 Å². The molecule has 0 radical (unpaired) electrons. The fourth-order valence-corrected chi connectivity index (χ4v) is 1.02. The van der Waals surface area contributed by atoms with Gasteiger partial charge in [-0.3, -0.25) is 14.3 Å². The second-order valence-corrected chi connectivity index (χ2v) is 2.85. The van der Waals surface area contributed by atoms with E-state index in [-0.39, 0.29) is 6.61 Å². The number of amides is 1. The Morgan fingerprint density at radius 2 is 2.57 bits per heavy atom. The SMILES string of the molecule is Cn1nccc1CCNOCC(N)=O. The van der Waals surface area contributed by atoms with Crippen LogP contribution >= 0.6 is 0 Å². The molecule has 14 heavy (non-hydrogen) atoms. The summed E-state index contributed by atoms with van der Waals surface area (Å²) < 4.78 is 1.79. The smallest absolute Gasteiger partial charge is 0.245 e. The fourth-order valence-electron chi connectivity index (χ4n) is 1.02.